The van der Waals surface area contributed by atoms with Gasteiger partial charge < -0.3 is 10.1 Å². The van der Waals surface area contributed by atoms with Crippen LogP contribution in [0.4, 0.5) is 4.39 Å². The third kappa shape index (κ3) is 2.26. The molecule has 0 aliphatic carbocycles. The number of nitrogens with one attached hydrogen (secondary N) is 1. The lowest BCUT2D eigenvalue weighted by Crippen LogP contribution is -2.43. The molecular formula is C16H12BrFN2O3. The van der Waals surface area contributed by atoms with E-state index < -0.39 is 11.8 Å². The molecule has 1 aromatic rings. The Bertz CT molecular complexity index is 803. The second-order valence-corrected chi connectivity index (χ2v) is 6.59. The number of hydrogen-bond acceptors (Lipinski definition) is 4. The molecule has 1 saturated heterocycles. The topological polar surface area (TPSA) is 67.8 Å². The van der Waals surface area contributed by atoms with Crippen molar-refractivity contribution in [3.8, 4) is 0 Å². The van der Waals surface area contributed by atoms with Crippen LogP contribution in [0.5, 0.6) is 0 Å². The Morgan fingerprint density at radius 3 is 2.87 bits per heavy atom. The SMILES string of the molecule is O=C1NCC2=C1C(c1ccc(F)c(Br)c1)C1C(=O)COCC1=N2. The summed E-state index contributed by atoms with van der Waals surface area (Å²) in [6.07, 6.45) is 0. The Morgan fingerprint density at radius 1 is 1.26 bits per heavy atom. The molecular weight excluding hydrogens is 367 g/mol. The number of hydrogen-bond donors (Lipinski definition) is 1. The Kier molecular flexibility index (Phi) is 3.42. The zero-order valence-corrected chi connectivity index (χ0v) is 13.5. The summed E-state index contributed by atoms with van der Waals surface area (Å²) in [7, 11) is 0. The summed E-state index contributed by atoms with van der Waals surface area (Å²) in [4.78, 5) is 29.1. The van der Waals surface area contributed by atoms with E-state index in [1.165, 1.54) is 6.07 Å². The maximum absolute atomic E-state index is 13.6. The van der Waals surface area contributed by atoms with Gasteiger partial charge in [-0.05, 0) is 33.6 Å². The largest absolute Gasteiger partial charge is 0.368 e. The fraction of sp³-hybridized carbons (Fsp3) is 0.312. The number of halogens is 2. The van der Waals surface area contributed by atoms with Crippen molar-refractivity contribution in [3.63, 3.8) is 0 Å². The Balaban J connectivity index is 1.89. The minimum Gasteiger partial charge on any atom is -0.368 e. The molecule has 0 radical (unpaired) electrons. The highest BCUT2D eigenvalue weighted by molar-refractivity contribution is 9.10. The average Bonchev–Trinajstić information content (AvgIpc) is 2.90. The van der Waals surface area contributed by atoms with Gasteiger partial charge in [-0.2, -0.15) is 0 Å². The van der Waals surface area contributed by atoms with Crippen LogP contribution in [0.2, 0.25) is 0 Å². The van der Waals surface area contributed by atoms with Crippen molar-refractivity contribution in [2.75, 3.05) is 19.8 Å². The molecule has 118 valence electrons. The summed E-state index contributed by atoms with van der Waals surface area (Å²) in [6, 6.07) is 4.58. The van der Waals surface area contributed by atoms with Gasteiger partial charge in [-0.15, -0.1) is 0 Å². The van der Waals surface area contributed by atoms with Gasteiger partial charge >= 0.3 is 0 Å². The molecule has 4 rings (SSSR count). The average molecular weight is 379 g/mol. The Morgan fingerprint density at radius 2 is 2.09 bits per heavy atom. The second kappa shape index (κ2) is 5.35. The highest BCUT2D eigenvalue weighted by Gasteiger charge is 2.46. The molecule has 3 aliphatic rings. The summed E-state index contributed by atoms with van der Waals surface area (Å²) >= 11 is 3.17. The van der Waals surface area contributed by atoms with Gasteiger partial charge in [0.05, 0.1) is 35.0 Å². The molecule has 3 heterocycles. The fourth-order valence-electron chi connectivity index (χ4n) is 3.41. The predicted octanol–water partition coefficient (Wildman–Crippen LogP) is 1.73. The van der Waals surface area contributed by atoms with E-state index in [1.54, 1.807) is 12.1 Å². The molecule has 1 fully saturated rings. The van der Waals surface area contributed by atoms with Crippen LogP contribution in [0.15, 0.2) is 38.9 Å². The zero-order chi connectivity index (χ0) is 16.1. The number of aliphatic imine (C=N–C) groups is 1. The summed E-state index contributed by atoms with van der Waals surface area (Å²) in [5.41, 5.74) is 2.51. The normalized spacial score (nSPS) is 26.6. The van der Waals surface area contributed by atoms with E-state index in [0.29, 0.717) is 28.0 Å². The lowest BCUT2D eigenvalue weighted by atomic mass is 9.73. The molecule has 7 heteroatoms. The molecule has 5 nitrogen and oxygen atoms in total. The molecule has 2 unspecified atom stereocenters. The van der Waals surface area contributed by atoms with E-state index in [0.717, 1.165) is 5.56 Å². The molecule has 0 spiro atoms. The summed E-state index contributed by atoms with van der Waals surface area (Å²) in [5.74, 6) is -1.68. The summed E-state index contributed by atoms with van der Waals surface area (Å²) in [5, 5.41) is 2.75. The highest BCUT2D eigenvalue weighted by atomic mass is 79.9. The fourth-order valence-corrected chi connectivity index (χ4v) is 3.81. The van der Waals surface area contributed by atoms with Crippen molar-refractivity contribution in [3.05, 3.63) is 45.3 Å². The van der Waals surface area contributed by atoms with Crippen molar-refractivity contribution in [2.45, 2.75) is 5.92 Å². The van der Waals surface area contributed by atoms with Crippen LogP contribution in [-0.4, -0.2) is 37.2 Å². The van der Waals surface area contributed by atoms with E-state index in [2.05, 4.69) is 26.2 Å². The zero-order valence-electron chi connectivity index (χ0n) is 11.9. The number of ketones is 1. The first kappa shape index (κ1) is 14.7. The van der Waals surface area contributed by atoms with Crippen LogP contribution in [-0.2, 0) is 14.3 Å². The van der Waals surface area contributed by atoms with Crippen LogP contribution >= 0.6 is 15.9 Å². The van der Waals surface area contributed by atoms with Crippen molar-refractivity contribution in [2.24, 2.45) is 10.9 Å². The minimum atomic E-state index is -0.524. The smallest absolute Gasteiger partial charge is 0.250 e. The monoisotopic (exact) mass is 378 g/mol. The first-order valence-corrected chi connectivity index (χ1v) is 7.99. The molecule has 2 atom stereocenters. The molecule has 0 aromatic heterocycles. The van der Waals surface area contributed by atoms with Crippen LogP contribution in [0.3, 0.4) is 0 Å². The number of carbonyl (C=O) groups is 2. The number of benzene rings is 1. The minimum absolute atomic E-state index is 0.00673. The van der Waals surface area contributed by atoms with E-state index in [1.807, 2.05) is 0 Å². The highest BCUT2D eigenvalue weighted by Crippen LogP contribution is 2.42. The van der Waals surface area contributed by atoms with Crippen molar-refractivity contribution in [1.29, 1.82) is 0 Å². The lowest BCUT2D eigenvalue weighted by Gasteiger charge is -2.34. The lowest BCUT2D eigenvalue weighted by molar-refractivity contribution is -0.127. The quantitative estimate of drug-likeness (QED) is 0.808. The number of ether oxygens (including phenoxy) is 1. The van der Waals surface area contributed by atoms with E-state index in [4.69, 9.17) is 4.74 Å². The number of nitrogens with zero attached hydrogens (tertiary/aromatic N) is 1. The maximum Gasteiger partial charge on any atom is 0.250 e. The number of Topliss-reactive ketones (excluding diaryl/α,β-unsaturated/α-hetero) is 1. The molecule has 3 aliphatic heterocycles. The molecule has 0 bridgehead atoms. The third-order valence-electron chi connectivity index (χ3n) is 4.40. The first-order valence-electron chi connectivity index (χ1n) is 7.20. The summed E-state index contributed by atoms with van der Waals surface area (Å²) < 4.78 is 19.2. The number of carbonyl (C=O) groups excluding carboxylic acids is 2. The van der Waals surface area contributed by atoms with Gasteiger partial charge in [0.2, 0.25) is 5.91 Å². The van der Waals surface area contributed by atoms with Crippen LogP contribution < -0.4 is 5.32 Å². The van der Waals surface area contributed by atoms with Crippen LogP contribution in [0.25, 0.3) is 0 Å². The van der Waals surface area contributed by atoms with Gasteiger partial charge in [-0.3, -0.25) is 14.6 Å². The standard InChI is InChI=1S/C16H12BrFN2O3/c17-8-3-7(1-2-9(8)18)13-14-11(5-23-6-12(14)21)20-10-4-19-16(22)15(10)13/h1-3,13-14H,4-6H2,(H,19,22). The van der Waals surface area contributed by atoms with Gasteiger partial charge in [0.15, 0.2) is 5.78 Å². The van der Waals surface area contributed by atoms with Gasteiger partial charge in [0.25, 0.3) is 0 Å². The maximum atomic E-state index is 13.6. The van der Waals surface area contributed by atoms with Crippen LogP contribution in [0.1, 0.15) is 11.5 Å². The van der Waals surface area contributed by atoms with Crippen molar-refractivity contribution in [1.82, 2.24) is 5.32 Å². The van der Waals surface area contributed by atoms with Gasteiger partial charge in [0.1, 0.15) is 12.4 Å². The number of rotatable bonds is 1. The Hall–Kier alpha value is -1.86. The van der Waals surface area contributed by atoms with Crippen LogP contribution in [0, 0.1) is 11.7 Å². The predicted molar refractivity (Wildman–Crippen MR) is 83.6 cm³/mol. The number of fused-ring (bicyclic) bond motifs is 1. The summed E-state index contributed by atoms with van der Waals surface area (Å²) in [6.45, 7) is 0.629. The van der Waals surface area contributed by atoms with E-state index in [-0.39, 0.29) is 30.7 Å². The molecule has 1 aromatic carbocycles. The van der Waals surface area contributed by atoms with E-state index in [9.17, 15) is 14.0 Å². The third-order valence-corrected chi connectivity index (χ3v) is 5.01. The Labute approximate surface area is 139 Å². The molecule has 0 saturated carbocycles. The van der Waals surface area contributed by atoms with Crippen molar-refractivity contribution >= 4 is 33.3 Å². The number of amides is 1. The molecule has 23 heavy (non-hydrogen) atoms. The van der Waals surface area contributed by atoms with Gasteiger partial charge in [0, 0.05) is 11.5 Å². The molecule has 1 N–H and O–H groups in total. The van der Waals surface area contributed by atoms with E-state index >= 15 is 0 Å². The van der Waals surface area contributed by atoms with Gasteiger partial charge in [-0.1, -0.05) is 6.07 Å². The molecule has 1 amide bonds. The first-order chi connectivity index (χ1) is 11.1. The van der Waals surface area contributed by atoms with Gasteiger partial charge in [-0.25, -0.2) is 4.39 Å². The second-order valence-electron chi connectivity index (χ2n) is 5.73. The van der Waals surface area contributed by atoms with Crippen molar-refractivity contribution < 1.29 is 18.7 Å².